The Morgan fingerprint density at radius 2 is 1.74 bits per heavy atom. The minimum Gasteiger partial charge on any atom is -0.316 e. The highest BCUT2D eigenvalue weighted by Gasteiger charge is 2.35. The second kappa shape index (κ2) is 6.85. The smallest absolute Gasteiger partial charge is 0.0204 e. The van der Waals surface area contributed by atoms with Crippen LogP contribution in [0.3, 0.4) is 0 Å². The van der Waals surface area contributed by atoms with Crippen molar-refractivity contribution in [3.63, 3.8) is 0 Å². The van der Waals surface area contributed by atoms with Crippen molar-refractivity contribution < 1.29 is 0 Å². The van der Waals surface area contributed by atoms with E-state index in [1.807, 2.05) is 0 Å². The zero-order valence-corrected chi connectivity index (χ0v) is 14.2. The van der Waals surface area contributed by atoms with Gasteiger partial charge in [-0.05, 0) is 62.2 Å². The van der Waals surface area contributed by atoms with Crippen molar-refractivity contribution in [2.75, 3.05) is 12.8 Å². The summed E-state index contributed by atoms with van der Waals surface area (Å²) in [4.78, 5) is 0. The molecule has 2 aliphatic carbocycles. The Morgan fingerprint density at radius 3 is 2.32 bits per heavy atom. The molecule has 0 aromatic heterocycles. The van der Waals surface area contributed by atoms with Gasteiger partial charge in [-0.15, -0.1) is 0 Å². The first kappa shape index (κ1) is 15.7. The van der Waals surface area contributed by atoms with Crippen LogP contribution in [0.2, 0.25) is 0 Å². The van der Waals surface area contributed by atoms with Crippen LogP contribution in [0.1, 0.15) is 65.7 Å². The van der Waals surface area contributed by atoms with Gasteiger partial charge in [0.1, 0.15) is 0 Å². The molecule has 0 saturated heterocycles. The van der Waals surface area contributed by atoms with Gasteiger partial charge in [0.25, 0.3) is 0 Å². The fourth-order valence-electron chi connectivity index (χ4n) is 3.87. The van der Waals surface area contributed by atoms with E-state index in [1.54, 1.807) is 0 Å². The molecule has 2 saturated carbocycles. The van der Waals surface area contributed by atoms with Crippen molar-refractivity contribution >= 4 is 11.8 Å². The minimum atomic E-state index is 0.491. The van der Waals surface area contributed by atoms with Crippen LogP contribution in [0.15, 0.2) is 0 Å². The van der Waals surface area contributed by atoms with E-state index in [0.29, 0.717) is 5.41 Å². The lowest BCUT2D eigenvalue weighted by Crippen LogP contribution is -2.43. The van der Waals surface area contributed by atoms with Crippen molar-refractivity contribution in [2.45, 2.75) is 77.0 Å². The molecule has 2 rings (SSSR count). The molecule has 2 heteroatoms. The first-order valence-corrected chi connectivity index (χ1v) is 9.34. The van der Waals surface area contributed by atoms with E-state index in [-0.39, 0.29) is 0 Å². The summed E-state index contributed by atoms with van der Waals surface area (Å²) in [6, 6.07) is 0.755. The van der Waals surface area contributed by atoms with Crippen LogP contribution in [0.5, 0.6) is 0 Å². The van der Waals surface area contributed by atoms with Crippen molar-refractivity contribution in [1.29, 1.82) is 0 Å². The van der Waals surface area contributed by atoms with Crippen molar-refractivity contribution in [2.24, 2.45) is 17.3 Å². The Labute approximate surface area is 124 Å². The Morgan fingerprint density at radius 1 is 1.05 bits per heavy atom. The van der Waals surface area contributed by atoms with Crippen LogP contribution in [0.25, 0.3) is 0 Å². The van der Waals surface area contributed by atoms with Gasteiger partial charge >= 0.3 is 0 Å². The summed E-state index contributed by atoms with van der Waals surface area (Å²) in [6.45, 7) is 7.28. The van der Waals surface area contributed by atoms with E-state index in [1.165, 1.54) is 50.7 Å². The third kappa shape index (κ3) is 4.39. The quantitative estimate of drug-likeness (QED) is 0.801. The molecule has 0 aromatic carbocycles. The van der Waals surface area contributed by atoms with Gasteiger partial charge in [0.2, 0.25) is 0 Å². The third-order valence-corrected chi connectivity index (χ3v) is 7.02. The molecule has 0 heterocycles. The first-order chi connectivity index (χ1) is 9.00. The predicted molar refractivity (Wildman–Crippen MR) is 87.8 cm³/mol. The van der Waals surface area contributed by atoms with E-state index in [9.17, 15) is 0 Å². The van der Waals surface area contributed by atoms with E-state index in [4.69, 9.17) is 0 Å². The lowest BCUT2D eigenvalue weighted by atomic mass is 9.71. The van der Waals surface area contributed by atoms with Crippen LogP contribution >= 0.6 is 11.8 Å². The fraction of sp³-hybridized carbons (Fsp3) is 1.00. The summed E-state index contributed by atoms with van der Waals surface area (Å²) in [7, 11) is 2.16. The molecule has 0 amide bonds. The van der Waals surface area contributed by atoms with Gasteiger partial charge in [-0.1, -0.05) is 33.6 Å². The summed E-state index contributed by atoms with van der Waals surface area (Å²) < 4.78 is 0. The zero-order chi connectivity index (χ0) is 13.9. The Kier molecular flexibility index (Phi) is 5.65. The molecule has 0 aromatic rings. The number of rotatable bonds is 4. The van der Waals surface area contributed by atoms with Crippen molar-refractivity contribution in [3.05, 3.63) is 0 Å². The van der Waals surface area contributed by atoms with E-state index >= 15 is 0 Å². The molecular formula is C17H33NS. The van der Waals surface area contributed by atoms with E-state index in [2.05, 4.69) is 44.9 Å². The highest BCUT2D eigenvalue weighted by Crippen LogP contribution is 2.42. The molecule has 0 spiro atoms. The summed E-state index contributed by atoms with van der Waals surface area (Å²) in [5, 5.41) is 4.43. The van der Waals surface area contributed by atoms with Crippen molar-refractivity contribution in [3.8, 4) is 0 Å². The summed E-state index contributed by atoms with van der Waals surface area (Å²) in [5.41, 5.74) is 0.491. The largest absolute Gasteiger partial charge is 0.316 e. The number of nitrogens with one attached hydrogen (secondary N) is 1. The monoisotopic (exact) mass is 283 g/mol. The van der Waals surface area contributed by atoms with Crippen LogP contribution in [0.4, 0.5) is 0 Å². The third-order valence-electron chi connectivity index (χ3n) is 5.41. The SMILES string of the molecule is CNC1CCC(C(C)(C)C)CC1SCC1CCCC1. The Balaban J connectivity index is 1.86. The van der Waals surface area contributed by atoms with Gasteiger partial charge in [0.05, 0.1) is 0 Å². The van der Waals surface area contributed by atoms with Crippen LogP contribution in [-0.2, 0) is 0 Å². The molecule has 1 N–H and O–H groups in total. The normalized spacial score (nSPS) is 33.8. The van der Waals surface area contributed by atoms with Gasteiger partial charge in [0, 0.05) is 11.3 Å². The number of hydrogen-bond donors (Lipinski definition) is 1. The predicted octanol–water partition coefficient (Wildman–Crippen LogP) is 4.71. The molecule has 1 nitrogen and oxygen atoms in total. The molecule has 2 fully saturated rings. The van der Waals surface area contributed by atoms with Gasteiger partial charge in [-0.3, -0.25) is 0 Å². The summed E-state index contributed by atoms with van der Waals surface area (Å²) >= 11 is 2.28. The second-order valence-corrected chi connectivity index (χ2v) is 9.07. The molecule has 0 aliphatic heterocycles. The highest BCUT2D eigenvalue weighted by molar-refractivity contribution is 7.99. The van der Waals surface area contributed by atoms with Gasteiger partial charge in [0.15, 0.2) is 0 Å². The fourth-order valence-corrected chi connectivity index (χ4v) is 5.59. The van der Waals surface area contributed by atoms with Crippen molar-refractivity contribution in [1.82, 2.24) is 5.32 Å². The summed E-state index contributed by atoms with van der Waals surface area (Å²) in [6.07, 6.45) is 10.2. The maximum atomic E-state index is 3.58. The van der Waals surface area contributed by atoms with Crippen LogP contribution in [-0.4, -0.2) is 24.1 Å². The molecule has 3 unspecified atom stereocenters. The molecule has 3 atom stereocenters. The highest BCUT2D eigenvalue weighted by atomic mass is 32.2. The van der Waals surface area contributed by atoms with Gasteiger partial charge in [-0.2, -0.15) is 11.8 Å². The van der Waals surface area contributed by atoms with Crippen LogP contribution in [0, 0.1) is 17.3 Å². The second-order valence-electron chi connectivity index (χ2n) is 7.79. The Hall–Kier alpha value is 0.310. The lowest BCUT2D eigenvalue weighted by Gasteiger charge is -2.41. The van der Waals surface area contributed by atoms with Gasteiger partial charge < -0.3 is 5.32 Å². The standard InChI is InChI=1S/C17H33NS/c1-17(2,3)14-9-10-15(18-4)16(11-14)19-12-13-7-5-6-8-13/h13-16,18H,5-12H2,1-4H3. The number of hydrogen-bond acceptors (Lipinski definition) is 2. The summed E-state index contributed by atoms with van der Waals surface area (Å²) in [5.74, 6) is 3.36. The van der Waals surface area contributed by atoms with E-state index < -0.39 is 0 Å². The Bertz CT molecular complexity index is 265. The van der Waals surface area contributed by atoms with Crippen LogP contribution < -0.4 is 5.32 Å². The lowest BCUT2D eigenvalue weighted by molar-refractivity contribution is 0.167. The molecule has 0 radical (unpaired) electrons. The molecule has 19 heavy (non-hydrogen) atoms. The minimum absolute atomic E-state index is 0.491. The molecule has 2 aliphatic rings. The first-order valence-electron chi connectivity index (χ1n) is 8.29. The van der Waals surface area contributed by atoms with Gasteiger partial charge in [-0.25, -0.2) is 0 Å². The maximum absolute atomic E-state index is 3.58. The topological polar surface area (TPSA) is 12.0 Å². The average molecular weight is 284 g/mol. The molecule has 0 bridgehead atoms. The maximum Gasteiger partial charge on any atom is 0.0204 e. The molecular weight excluding hydrogens is 250 g/mol. The van der Waals surface area contributed by atoms with E-state index in [0.717, 1.165) is 23.1 Å². The zero-order valence-electron chi connectivity index (χ0n) is 13.4. The molecule has 112 valence electrons. The number of thioether (sulfide) groups is 1. The average Bonchev–Trinajstić information content (AvgIpc) is 2.88.